The van der Waals surface area contributed by atoms with Crippen molar-refractivity contribution in [3.63, 3.8) is 0 Å². The quantitative estimate of drug-likeness (QED) is 0.0314. The second kappa shape index (κ2) is 25.2. The number of nitro benzene ring substituents is 2. The number of nitro groups is 2. The second-order valence-electron chi connectivity index (χ2n) is 20.8. The van der Waals surface area contributed by atoms with Gasteiger partial charge in [0.25, 0.3) is 11.4 Å². The van der Waals surface area contributed by atoms with Gasteiger partial charge >= 0.3 is 6.16 Å². The molecule has 0 saturated carbocycles. The number of aromatic nitrogens is 2. The van der Waals surface area contributed by atoms with Gasteiger partial charge in [0.15, 0.2) is 0 Å². The highest BCUT2D eigenvalue weighted by Crippen LogP contribution is 2.51. The van der Waals surface area contributed by atoms with Crippen LogP contribution in [0.5, 0.6) is 34.5 Å². The van der Waals surface area contributed by atoms with E-state index in [4.69, 9.17) is 28.4 Å². The van der Waals surface area contributed by atoms with Gasteiger partial charge in [0.2, 0.25) is 11.8 Å². The molecule has 88 heavy (non-hydrogen) atoms. The van der Waals surface area contributed by atoms with Gasteiger partial charge in [0.05, 0.1) is 75.3 Å². The molecule has 8 aromatic rings. The molecule has 0 spiro atoms. The summed E-state index contributed by atoms with van der Waals surface area (Å²) < 4.78 is 69.1. The summed E-state index contributed by atoms with van der Waals surface area (Å²) in [4.78, 5) is 64.4. The topological polar surface area (TPSA) is 227 Å². The summed E-state index contributed by atoms with van der Waals surface area (Å²) in [5.74, 6) is -1.47. The number of hydrogen-bond acceptors (Lipinski definition) is 13. The van der Waals surface area contributed by atoms with Crippen LogP contribution >= 0.6 is 0 Å². The summed E-state index contributed by atoms with van der Waals surface area (Å²) in [7, 11) is 9.24. The number of fused-ring (bicyclic) bond motifs is 2. The number of hydrogen-bond donors (Lipinski definition) is 2. The molecule has 0 aliphatic heterocycles. The van der Waals surface area contributed by atoms with E-state index in [1.165, 1.54) is 77.0 Å². The molecule has 2 aliphatic rings. The number of methoxy groups -OCH3 is 4. The highest BCUT2D eigenvalue weighted by Gasteiger charge is 2.31. The van der Waals surface area contributed by atoms with Crippen LogP contribution in [0.4, 0.5) is 25.0 Å². The van der Waals surface area contributed by atoms with Gasteiger partial charge in [-0.2, -0.15) is 0 Å². The van der Waals surface area contributed by atoms with Crippen LogP contribution in [0.2, 0.25) is 0 Å². The Kier molecular flexibility index (Phi) is 17.2. The van der Waals surface area contributed by atoms with E-state index in [2.05, 4.69) is 10.6 Å². The van der Waals surface area contributed by atoms with Crippen molar-refractivity contribution in [2.45, 2.75) is 39.8 Å². The maximum absolute atomic E-state index is 14.9. The molecule has 6 aromatic carbocycles. The molecule has 448 valence electrons. The van der Waals surface area contributed by atoms with Gasteiger partial charge in [0, 0.05) is 73.3 Å². The largest absolute Gasteiger partial charge is 0.519 e. The number of carbonyl (C=O) groups excluding carboxylic acids is 3. The Morgan fingerprint density at radius 3 is 1.20 bits per heavy atom. The molecular weight excluding hydrogens is 1130 g/mol. The lowest BCUT2D eigenvalue weighted by atomic mass is 9.96. The first kappa shape index (κ1) is 60.0. The van der Waals surface area contributed by atoms with Crippen molar-refractivity contribution in [3.8, 4) is 56.8 Å². The van der Waals surface area contributed by atoms with Crippen LogP contribution in [-0.2, 0) is 36.8 Å². The first-order valence-electron chi connectivity index (χ1n) is 27.4. The van der Waals surface area contributed by atoms with Crippen LogP contribution in [-0.4, -0.2) is 65.4 Å². The Morgan fingerprint density at radius 1 is 0.500 bits per heavy atom. The monoisotopic (exact) mass is 1190 g/mol. The molecule has 0 atom stereocenters. The Bertz CT molecular complexity index is 4000. The van der Waals surface area contributed by atoms with E-state index in [0.29, 0.717) is 68.8 Å². The molecule has 2 N–H and O–H groups in total. The average molecular weight is 1190 g/mol. The number of benzene rings is 6. The predicted molar refractivity (Wildman–Crippen MR) is 327 cm³/mol. The standard InChI is InChI=1S/C67H58F2N6O13/c1-37-49(47-17-13-41(68)29-53(47)51(37)33-63(76)70-35-45-11-9-21-72(45)3)23-39-25-59(83-5)65(60(26-39)84-6)55-31-43(74(79)80)15-19-57(55)87-67(78)88-58-20-16-44(75(81)82)32-56(58)66-61(85-7)27-40(28-62(66)86-8)24-50-38(2)52(54-30-42(69)14-18-48(50)54)34-64(77)71-36-46-12-10-22-73(46)4/h9-32H,33-36H2,1-8H3,(H,70,76)(H,71,77)/b49-23+,50-24+. The lowest BCUT2D eigenvalue weighted by molar-refractivity contribution is -0.385. The summed E-state index contributed by atoms with van der Waals surface area (Å²) in [6.07, 6.45) is 5.96. The highest BCUT2D eigenvalue weighted by atomic mass is 19.1. The third-order valence-corrected chi connectivity index (χ3v) is 15.6. The number of nitrogens with one attached hydrogen (secondary N) is 2. The lowest BCUT2D eigenvalue weighted by Gasteiger charge is -2.19. The Hall–Kier alpha value is -11.1. The molecule has 0 fully saturated rings. The van der Waals surface area contributed by atoms with Crippen LogP contribution in [0, 0.1) is 31.9 Å². The summed E-state index contributed by atoms with van der Waals surface area (Å²) in [5, 5.41) is 30.6. The number of carbonyl (C=O) groups is 3. The molecule has 2 aliphatic carbocycles. The van der Waals surface area contributed by atoms with Crippen LogP contribution in [0.3, 0.4) is 0 Å². The summed E-state index contributed by atoms with van der Waals surface area (Å²) in [5.41, 5.74) is 8.78. The normalized spacial score (nSPS) is 13.3. The molecule has 19 nitrogen and oxygen atoms in total. The van der Waals surface area contributed by atoms with E-state index in [-0.39, 0.29) is 81.4 Å². The van der Waals surface area contributed by atoms with Crippen molar-refractivity contribution >= 4 is 63.8 Å². The van der Waals surface area contributed by atoms with Crippen LogP contribution in [0.1, 0.15) is 71.5 Å². The molecule has 2 amide bonds. The molecule has 0 saturated heterocycles. The molecule has 0 bridgehead atoms. The minimum atomic E-state index is -1.37. The summed E-state index contributed by atoms with van der Waals surface area (Å²) in [6, 6.07) is 29.8. The Morgan fingerprint density at radius 2 is 0.875 bits per heavy atom. The second-order valence-corrected chi connectivity index (χ2v) is 20.8. The average Bonchev–Trinajstić information content (AvgIpc) is 2.06. The zero-order valence-corrected chi connectivity index (χ0v) is 49.0. The molecule has 2 aromatic heterocycles. The number of amides is 2. The van der Waals surface area contributed by atoms with Crippen molar-refractivity contribution in [2.75, 3.05) is 28.4 Å². The number of aryl methyl sites for hydroxylation is 2. The minimum absolute atomic E-state index is 0.0316. The molecule has 21 heteroatoms. The van der Waals surface area contributed by atoms with Crippen LogP contribution < -0.4 is 39.1 Å². The van der Waals surface area contributed by atoms with E-state index < -0.39 is 39.0 Å². The predicted octanol–water partition coefficient (Wildman–Crippen LogP) is 13.5. The molecule has 0 radical (unpaired) electrons. The van der Waals surface area contributed by atoms with Gasteiger partial charge in [-0.1, -0.05) is 12.1 Å². The van der Waals surface area contributed by atoms with Crippen molar-refractivity contribution in [2.24, 2.45) is 14.1 Å². The van der Waals surface area contributed by atoms with Crippen LogP contribution in [0.15, 0.2) is 145 Å². The minimum Gasteiger partial charge on any atom is -0.496 e. The highest BCUT2D eigenvalue weighted by molar-refractivity contribution is 6.10. The van der Waals surface area contributed by atoms with Gasteiger partial charge in [-0.25, -0.2) is 13.6 Å². The van der Waals surface area contributed by atoms with E-state index in [9.17, 15) is 43.4 Å². The first-order chi connectivity index (χ1) is 42.3. The van der Waals surface area contributed by atoms with E-state index in [1.54, 1.807) is 36.4 Å². The van der Waals surface area contributed by atoms with Crippen molar-refractivity contribution in [1.29, 1.82) is 0 Å². The van der Waals surface area contributed by atoms with Gasteiger partial charge in [-0.05, 0) is 178 Å². The SMILES string of the molecule is COc1cc(/C=C2\C(C)=C(CC(=O)NCc3cccn3C)c3cc(F)ccc32)cc(OC)c1-c1cc([N+](=O)[O-])ccc1OC(=O)Oc1ccc([N+](=O)[O-])cc1-c1c(OC)cc(/C=C2\C(C)=C(CC(=O)NCc3cccn3C)c3cc(F)ccc32)cc1OC. The zero-order chi connectivity index (χ0) is 62.7. The number of rotatable bonds is 20. The van der Waals surface area contributed by atoms with Gasteiger partial charge in [-0.15, -0.1) is 0 Å². The van der Waals surface area contributed by atoms with Gasteiger partial charge in [-0.3, -0.25) is 29.8 Å². The molecular formula is C67H58F2N6O13. The fourth-order valence-electron chi connectivity index (χ4n) is 11.1. The van der Waals surface area contributed by atoms with Crippen LogP contribution in [0.25, 0.3) is 56.7 Å². The fraction of sp³-hybridized carbons (Fsp3) is 0.179. The maximum atomic E-state index is 14.9. The maximum Gasteiger partial charge on any atom is 0.519 e. The van der Waals surface area contributed by atoms with E-state index >= 15 is 0 Å². The van der Waals surface area contributed by atoms with E-state index in [1.807, 2.05) is 85.9 Å². The molecule has 0 unspecified atom stereocenters. The van der Waals surface area contributed by atoms with E-state index in [0.717, 1.165) is 34.7 Å². The molecule has 10 rings (SSSR count). The third-order valence-electron chi connectivity index (χ3n) is 15.6. The fourth-order valence-corrected chi connectivity index (χ4v) is 11.1. The number of nitrogens with zero attached hydrogens (tertiary/aromatic N) is 4. The van der Waals surface area contributed by atoms with Gasteiger partial charge in [0.1, 0.15) is 46.1 Å². The number of allylic oxidation sites excluding steroid dienone is 4. The Labute approximate surface area is 503 Å². The smallest absolute Gasteiger partial charge is 0.496 e. The van der Waals surface area contributed by atoms with Crippen molar-refractivity contribution in [3.05, 3.63) is 221 Å². The summed E-state index contributed by atoms with van der Waals surface area (Å²) in [6.45, 7) is 4.28. The lowest BCUT2D eigenvalue weighted by Crippen LogP contribution is -2.23. The first-order valence-corrected chi connectivity index (χ1v) is 27.4. The summed E-state index contributed by atoms with van der Waals surface area (Å²) >= 11 is 0. The van der Waals surface area contributed by atoms with Crippen molar-refractivity contribution in [1.82, 2.24) is 19.8 Å². The number of ether oxygens (including phenoxy) is 6. The zero-order valence-electron chi connectivity index (χ0n) is 49.0. The van der Waals surface area contributed by atoms with Crippen molar-refractivity contribution < 1.29 is 61.4 Å². The number of non-ortho nitro benzene ring substituents is 2. The van der Waals surface area contributed by atoms with Gasteiger partial charge < -0.3 is 48.2 Å². The Balaban J connectivity index is 0.969. The third kappa shape index (κ3) is 12.2. The number of halogens is 2. The molecule has 2 heterocycles.